The van der Waals surface area contributed by atoms with Gasteiger partial charge in [-0.1, -0.05) is 89.1 Å². The zero-order valence-electron chi connectivity index (χ0n) is 19.8. The van der Waals surface area contributed by atoms with Gasteiger partial charge in [0.25, 0.3) is 0 Å². The van der Waals surface area contributed by atoms with Gasteiger partial charge in [-0.3, -0.25) is 4.74 Å². The summed E-state index contributed by atoms with van der Waals surface area (Å²) in [6.07, 6.45) is -1.06. The fraction of sp³-hybridized carbons (Fsp3) is 0.630. The summed E-state index contributed by atoms with van der Waals surface area (Å²) in [5, 5.41) is 0. The Morgan fingerprint density at radius 2 is 1.59 bits per heavy atom. The molecule has 0 amide bonds. The first-order valence-electron chi connectivity index (χ1n) is 12.3. The van der Waals surface area contributed by atoms with Crippen LogP contribution < -0.4 is 0 Å². The predicted molar refractivity (Wildman–Crippen MR) is 122 cm³/mol. The molecule has 3 atom stereocenters. The monoisotopic (exact) mass is 488 g/mol. The molecule has 0 bridgehead atoms. The Kier molecular flexibility index (Phi) is 8.93. The van der Waals surface area contributed by atoms with E-state index in [-0.39, 0.29) is 17.9 Å². The van der Waals surface area contributed by atoms with Crippen molar-refractivity contribution in [1.29, 1.82) is 0 Å². The van der Waals surface area contributed by atoms with E-state index in [1.165, 1.54) is 12.1 Å². The van der Waals surface area contributed by atoms with Crippen molar-refractivity contribution in [3.05, 3.63) is 53.6 Å². The van der Waals surface area contributed by atoms with E-state index in [1.54, 1.807) is 18.2 Å². The predicted octanol–water partition coefficient (Wildman–Crippen LogP) is 9.26. The van der Waals surface area contributed by atoms with Gasteiger partial charge in [0.1, 0.15) is 11.7 Å². The van der Waals surface area contributed by atoms with Crippen LogP contribution in [0.4, 0.5) is 26.3 Å². The van der Waals surface area contributed by atoms with Crippen LogP contribution >= 0.6 is 0 Å². The fourth-order valence-electron chi connectivity index (χ4n) is 5.17. The van der Waals surface area contributed by atoms with Gasteiger partial charge in [-0.15, -0.1) is 13.2 Å². The van der Waals surface area contributed by atoms with E-state index in [1.807, 2.05) is 0 Å². The lowest BCUT2D eigenvalue weighted by Crippen LogP contribution is -2.49. The summed E-state index contributed by atoms with van der Waals surface area (Å²) in [5.74, 6) is -1.58. The Labute approximate surface area is 198 Å². The highest BCUT2D eigenvalue weighted by molar-refractivity contribution is 5.78. The smallest absolute Gasteiger partial charge is 0.274 e. The second-order valence-corrected chi connectivity index (χ2v) is 9.94. The molecule has 7 heteroatoms. The van der Waals surface area contributed by atoms with Crippen molar-refractivity contribution in [3.63, 3.8) is 0 Å². The van der Waals surface area contributed by atoms with Crippen molar-refractivity contribution in [2.24, 2.45) is 17.8 Å². The SMILES string of the molecule is CCC(C)CCC1CCC(CCC2(OC(F)(F)F)C(F)=CC(c3ccccc3)=C(F)C2F)CC1. The lowest BCUT2D eigenvalue weighted by molar-refractivity contribution is -0.370. The average molecular weight is 489 g/mol. The molecule has 0 aliphatic heterocycles. The molecule has 0 saturated heterocycles. The molecular formula is C27H34F6O. The highest BCUT2D eigenvalue weighted by Gasteiger charge is 2.56. The Balaban J connectivity index is 1.72. The third-order valence-corrected chi connectivity index (χ3v) is 7.60. The van der Waals surface area contributed by atoms with E-state index in [4.69, 9.17) is 0 Å². The fourth-order valence-corrected chi connectivity index (χ4v) is 5.17. The third-order valence-electron chi connectivity index (χ3n) is 7.60. The van der Waals surface area contributed by atoms with Gasteiger partial charge in [0.2, 0.25) is 0 Å². The minimum absolute atomic E-state index is 0.0381. The van der Waals surface area contributed by atoms with Crippen molar-refractivity contribution in [2.75, 3.05) is 0 Å². The molecule has 0 heterocycles. The molecule has 2 aliphatic rings. The van der Waals surface area contributed by atoms with Crippen LogP contribution in [0, 0.1) is 17.8 Å². The molecule has 0 aromatic heterocycles. The van der Waals surface area contributed by atoms with Crippen LogP contribution in [0.25, 0.3) is 5.57 Å². The van der Waals surface area contributed by atoms with Crippen LogP contribution in [-0.4, -0.2) is 18.1 Å². The van der Waals surface area contributed by atoms with Crippen molar-refractivity contribution < 1.29 is 31.1 Å². The van der Waals surface area contributed by atoms with E-state index >= 15 is 13.2 Å². The molecule has 1 nitrogen and oxygen atoms in total. The molecule has 0 radical (unpaired) electrons. The molecule has 1 aromatic rings. The van der Waals surface area contributed by atoms with Crippen molar-refractivity contribution in [1.82, 2.24) is 0 Å². The molecular weight excluding hydrogens is 454 g/mol. The van der Waals surface area contributed by atoms with Crippen LogP contribution in [0.3, 0.4) is 0 Å². The molecule has 3 unspecified atom stereocenters. The van der Waals surface area contributed by atoms with Crippen LogP contribution in [0.2, 0.25) is 0 Å². The first-order valence-corrected chi connectivity index (χ1v) is 12.3. The maximum atomic E-state index is 15.3. The van der Waals surface area contributed by atoms with Gasteiger partial charge < -0.3 is 0 Å². The lowest BCUT2D eigenvalue weighted by Gasteiger charge is -2.39. The zero-order chi connectivity index (χ0) is 24.9. The Hall–Kier alpha value is -1.76. The van der Waals surface area contributed by atoms with E-state index in [0.717, 1.165) is 44.9 Å². The number of hydrogen-bond donors (Lipinski definition) is 0. The number of allylic oxidation sites excluding steroid dienone is 2. The zero-order valence-corrected chi connectivity index (χ0v) is 19.8. The van der Waals surface area contributed by atoms with E-state index in [2.05, 4.69) is 18.6 Å². The maximum Gasteiger partial charge on any atom is 0.523 e. The molecule has 3 rings (SSSR count). The van der Waals surface area contributed by atoms with Gasteiger partial charge in [0, 0.05) is 5.57 Å². The number of halogens is 6. The normalized spacial score (nSPS) is 29.2. The highest BCUT2D eigenvalue weighted by atomic mass is 19.4. The van der Waals surface area contributed by atoms with Crippen LogP contribution in [0.1, 0.15) is 77.2 Å². The average Bonchev–Trinajstić information content (AvgIpc) is 2.82. The quantitative estimate of drug-likeness (QED) is 0.315. The summed E-state index contributed by atoms with van der Waals surface area (Å²) in [7, 11) is 0. The van der Waals surface area contributed by atoms with Gasteiger partial charge in [-0.05, 0) is 42.2 Å². The second kappa shape index (κ2) is 11.3. The van der Waals surface area contributed by atoms with Gasteiger partial charge in [-0.25, -0.2) is 13.2 Å². The van der Waals surface area contributed by atoms with Gasteiger partial charge >= 0.3 is 6.36 Å². The highest BCUT2D eigenvalue weighted by Crippen LogP contribution is 2.49. The molecule has 1 fully saturated rings. The van der Waals surface area contributed by atoms with Gasteiger partial charge in [-0.2, -0.15) is 0 Å². The van der Waals surface area contributed by atoms with Crippen molar-refractivity contribution >= 4 is 5.57 Å². The molecule has 0 N–H and O–H groups in total. The number of alkyl halides is 4. The summed E-state index contributed by atoms with van der Waals surface area (Å²) >= 11 is 0. The van der Waals surface area contributed by atoms with Gasteiger partial charge in [0.05, 0.1) is 0 Å². The number of benzene rings is 1. The van der Waals surface area contributed by atoms with Crippen LogP contribution in [0.15, 0.2) is 48.1 Å². The van der Waals surface area contributed by atoms with Crippen LogP contribution in [-0.2, 0) is 4.74 Å². The number of ether oxygens (including phenoxy) is 1. The van der Waals surface area contributed by atoms with Crippen molar-refractivity contribution in [3.8, 4) is 0 Å². The summed E-state index contributed by atoms with van der Waals surface area (Å²) in [6, 6.07) is 7.66. The van der Waals surface area contributed by atoms with Gasteiger partial charge in [0.15, 0.2) is 11.8 Å². The summed E-state index contributed by atoms with van der Waals surface area (Å²) in [6.45, 7) is 4.39. The number of rotatable bonds is 9. The molecule has 2 aliphatic carbocycles. The first kappa shape index (κ1) is 26.8. The molecule has 1 saturated carbocycles. The second-order valence-electron chi connectivity index (χ2n) is 9.94. The van der Waals surface area contributed by atoms with E-state index in [9.17, 15) is 13.2 Å². The molecule has 0 spiro atoms. The summed E-state index contributed by atoms with van der Waals surface area (Å²) < 4.78 is 89.3. The minimum atomic E-state index is -5.31. The lowest BCUT2D eigenvalue weighted by atomic mass is 9.74. The molecule has 190 valence electrons. The summed E-state index contributed by atoms with van der Waals surface area (Å²) in [4.78, 5) is 0. The summed E-state index contributed by atoms with van der Waals surface area (Å²) in [5.41, 5.74) is -3.24. The largest absolute Gasteiger partial charge is 0.523 e. The maximum absolute atomic E-state index is 15.3. The first-order chi connectivity index (χ1) is 16.1. The van der Waals surface area contributed by atoms with Crippen molar-refractivity contribution in [2.45, 2.75) is 89.8 Å². The third kappa shape index (κ3) is 6.46. The topological polar surface area (TPSA) is 9.23 Å². The molecule has 1 aromatic carbocycles. The van der Waals surface area contributed by atoms with E-state index < -0.39 is 41.8 Å². The minimum Gasteiger partial charge on any atom is -0.274 e. The standard InChI is InChI=1S/C27H34F6O/c1-3-18(2)9-10-19-11-13-20(14-12-19)15-16-26(34-27(31,32)33)23(28)17-22(24(29)25(26)30)21-7-5-4-6-8-21/h4-8,17-20,25H,3,9-16H2,1-2H3. The van der Waals surface area contributed by atoms with E-state index in [0.29, 0.717) is 17.9 Å². The Morgan fingerprint density at radius 1 is 1.00 bits per heavy atom. The molecule has 34 heavy (non-hydrogen) atoms. The van der Waals surface area contributed by atoms with Crippen LogP contribution in [0.5, 0.6) is 0 Å². The number of hydrogen-bond acceptors (Lipinski definition) is 1. The Bertz CT molecular complexity index is 854. The Morgan fingerprint density at radius 3 is 2.15 bits per heavy atom.